The Kier molecular flexibility index (Phi) is 5.30. The van der Waals surface area contributed by atoms with E-state index in [0.717, 1.165) is 11.6 Å². The molecule has 7 nitrogen and oxygen atoms in total. The van der Waals surface area contributed by atoms with Gasteiger partial charge in [0.15, 0.2) is 22.7 Å². The Labute approximate surface area is 155 Å². The number of phenolic OH excluding ortho intramolecular Hbond substituents is 1. The third-order valence-corrected chi connectivity index (χ3v) is 4.10. The van der Waals surface area contributed by atoms with Gasteiger partial charge in [-0.05, 0) is 36.2 Å². The zero-order chi connectivity index (χ0) is 19.4. The van der Waals surface area contributed by atoms with Crippen LogP contribution in [-0.4, -0.2) is 31.8 Å². The van der Waals surface area contributed by atoms with Crippen LogP contribution in [-0.2, 0) is 6.42 Å². The molecule has 1 aromatic heterocycles. The number of carbonyl (C=O) groups is 1. The van der Waals surface area contributed by atoms with E-state index in [1.165, 1.54) is 12.1 Å². The van der Waals surface area contributed by atoms with E-state index in [0.29, 0.717) is 24.5 Å². The second-order valence-electron chi connectivity index (χ2n) is 5.82. The van der Waals surface area contributed by atoms with E-state index in [9.17, 15) is 14.7 Å². The van der Waals surface area contributed by atoms with Crippen LogP contribution in [0.5, 0.6) is 17.2 Å². The number of phenols is 1. The summed E-state index contributed by atoms with van der Waals surface area (Å²) in [7, 11) is 3.12. The molecule has 3 rings (SSSR count). The smallest absolute Gasteiger partial charge is 0.287 e. The fourth-order valence-corrected chi connectivity index (χ4v) is 2.75. The molecular weight excluding hydrogens is 350 g/mol. The van der Waals surface area contributed by atoms with Crippen LogP contribution in [0.3, 0.4) is 0 Å². The molecule has 27 heavy (non-hydrogen) atoms. The lowest BCUT2D eigenvalue weighted by atomic mass is 10.1. The van der Waals surface area contributed by atoms with Crippen LogP contribution in [0, 0.1) is 0 Å². The van der Waals surface area contributed by atoms with Crippen molar-refractivity contribution in [2.45, 2.75) is 6.42 Å². The molecular formula is C20H19NO6. The first-order chi connectivity index (χ1) is 13.0. The predicted octanol–water partition coefficient (Wildman–Crippen LogP) is 2.49. The lowest BCUT2D eigenvalue weighted by molar-refractivity contribution is 0.0927. The molecule has 0 radical (unpaired) electrons. The number of hydrogen-bond donors (Lipinski definition) is 2. The van der Waals surface area contributed by atoms with E-state index in [4.69, 9.17) is 13.9 Å². The van der Waals surface area contributed by atoms with Gasteiger partial charge in [-0.3, -0.25) is 9.59 Å². The standard InChI is InChI=1S/C20H19NO6/c1-25-15-7-6-12(10-17(15)26-2)8-9-21-20(24)18-11-14(23)19-13(22)4-3-5-16(19)27-18/h3-7,10-11,22H,8-9H2,1-2H3,(H,21,24). The SMILES string of the molecule is COc1ccc(CCNC(=O)c2cc(=O)c3c(O)cccc3o2)cc1OC. The zero-order valence-electron chi connectivity index (χ0n) is 14.9. The molecule has 1 heterocycles. The molecule has 7 heteroatoms. The number of methoxy groups -OCH3 is 2. The summed E-state index contributed by atoms with van der Waals surface area (Å²) in [6.07, 6.45) is 0.560. The fourth-order valence-electron chi connectivity index (χ4n) is 2.75. The summed E-state index contributed by atoms with van der Waals surface area (Å²) >= 11 is 0. The number of fused-ring (bicyclic) bond motifs is 1. The van der Waals surface area contributed by atoms with Crippen LogP contribution in [0.1, 0.15) is 16.1 Å². The van der Waals surface area contributed by atoms with Crippen molar-refractivity contribution in [2.75, 3.05) is 20.8 Å². The van der Waals surface area contributed by atoms with Crippen molar-refractivity contribution in [2.24, 2.45) is 0 Å². The first-order valence-corrected chi connectivity index (χ1v) is 8.28. The first kappa shape index (κ1) is 18.3. The zero-order valence-corrected chi connectivity index (χ0v) is 14.9. The van der Waals surface area contributed by atoms with Gasteiger partial charge in [-0.25, -0.2) is 0 Å². The second kappa shape index (κ2) is 7.82. The lowest BCUT2D eigenvalue weighted by Crippen LogP contribution is -2.26. The number of benzene rings is 2. The molecule has 0 bridgehead atoms. The predicted molar refractivity (Wildman–Crippen MR) is 99.7 cm³/mol. The van der Waals surface area contributed by atoms with Crippen molar-refractivity contribution in [1.82, 2.24) is 5.32 Å². The molecule has 140 valence electrons. The third-order valence-electron chi connectivity index (χ3n) is 4.10. The van der Waals surface area contributed by atoms with Crippen LogP contribution < -0.4 is 20.2 Å². The molecule has 0 saturated heterocycles. The Morgan fingerprint density at radius 1 is 1.11 bits per heavy atom. The molecule has 0 fully saturated rings. The van der Waals surface area contributed by atoms with E-state index in [1.807, 2.05) is 12.1 Å². The molecule has 0 aliphatic heterocycles. The minimum absolute atomic E-state index is 0.0550. The lowest BCUT2D eigenvalue weighted by Gasteiger charge is -2.10. The average Bonchev–Trinajstić information content (AvgIpc) is 2.67. The highest BCUT2D eigenvalue weighted by Gasteiger charge is 2.14. The molecule has 0 aliphatic carbocycles. The summed E-state index contributed by atoms with van der Waals surface area (Å²) in [6.45, 7) is 0.343. The van der Waals surface area contributed by atoms with Gasteiger partial charge in [-0.15, -0.1) is 0 Å². The number of rotatable bonds is 6. The maximum Gasteiger partial charge on any atom is 0.287 e. The summed E-state index contributed by atoms with van der Waals surface area (Å²) < 4.78 is 15.9. The van der Waals surface area contributed by atoms with E-state index >= 15 is 0 Å². The molecule has 0 aliphatic rings. The Bertz CT molecular complexity index is 1040. The van der Waals surface area contributed by atoms with Crippen molar-refractivity contribution in [1.29, 1.82) is 0 Å². The van der Waals surface area contributed by atoms with Crippen molar-refractivity contribution in [3.05, 3.63) is 64.0 Å². The van der Waals surface area contributed by atoms with E-state index < -0.39 is 11.3 Å². The van der Waals surface area contributed by atoms with Gasteiger partial charge in [0.1, 0.15) is 16.7 Å². The highest BCUT2D eigenvalue weighted by atomic mass is 16.5. The normalized spacial score (nSPS) is 10.6. The van der Waals surface area contributed by atoms with Gasteiger partial charge >= 0.3 is 0 Å². The van der Waals surface area contributed by atoms with E-state index in [-0.39, 0.29) is 22.5 Å². The van der Waals surface area contributed by atoms with Crippen LogP contribution >= 0.6 is 0 Å². The monoisotopic (exact) mass is 369 g/mol. The molecule has 0 atom stereocenters. The number of nitrogens with one attached hydrogen (secondary N) is 1. The molecule has 0 unspecified atom stereocenters. The highest BCUT2D eigenvalue weighted by molar-refractivity contribution is 5.93. The van der Waals surface area contributed by atoms with Crippen molar-refractivity contribution in [3.63, 3.8) is 0 Å². The summed E-state index contributed by atoms with van der Waals surface area (Å²) in [5, 5.41) is 12.5. The van der Waals surface area contributed by atoms with Crippen LogP contribution in [0.2, 0.25) is 0 Å². The van der Waals surface area contributed by atoms with Gasteiger partial charge in [-0.2, -0.15) is 0 Å². The molecule has 1 amide bonds. The van der Waals surface area contributed by atoms with Crippen LogP contribution in [0.4, 0.5) is 0 Å². The quantitative estimate of drug-likeness (QED) is 0.693. The third kappa shape index (κ3) is 3.87. The Balaban J connectivity index is 1.70. The topological polar surface area (TPSA) is 98.0 Å². The van der Waals surface area contributed by atoms with Gasteiger partial charge in [-0.1, -0.05) is 12.1 Å². The number of amides is 1. The Hall–Kier alpha value is -3.48. The summed E-state index contributed by atoms with van der Waals surface area (Å²) in [4.78, 5) is 24.4. The van der Waals surface area contributed by atoms with Gasteiger partial charge in [0.05, 0.1) is 14.2 Å². The number of ether oxygens (including phenoxy) is 2. The van der Waals surface area contributed by atoms with E-state index in [1.54, 1.807) is 26.4 Å². The fraction of sp³-hybridized carbons (Fsp3) is 0.200. The van der Waals surface area contributed by atoms with Crippen molar-refractivity contribution < 1.29 is 23.8 Å². The van der Waals surface area contributed by atoms with Crippen LogP contribution in [0.15, 0.2) is 51.7 Å². The summed E-state index contributed by atoms with van der Waals surface area (Å²) in [5.41, 5.74) is 0.643. The van der Waals surface area contributed by atoms with Gasteiger partial charge in [0.2, 0.25) is 0 Å². The molecule has 0 spiro atoms. The Morgan fingerprint density at radius 3 is 2.63 bits per heavy atom. The molecule has 0 saturated carbocycles. The number of hydrogen-bond acceptors (Lipinski definition) is 6. The van der Waals surface area contributed by atoms with Gasteiger partial charge in [0, 0.05) is 12.6 Å². The summed E-state index contributed by atoms with van der Waals surface area (Å²) in [6, 6.07) is 11.0. The number of aromatic hydroxyl groups is 1. The highest BCUT2D eigenvalue weighted by Crippen LogP contribution is 2.27. The average molecular weight is 369 g/mol. The largest absolute Gasteiger partial charge is 0.507 e. The van der Waals surface area contributed by atoms with Crippen molar-refractivity contribution >= 4 is 16.9 Å². The minimum atomic E-state index is -0.502. The minimum Gasteiger partial charge on any atom is -0.507 e. The van der Waals surface area contributed by atoms with Crippen molar-refractivity contribution in [3.8, 4) is 17.2 Å². The maximum atomic E-state index is 12.3. The maximum absolute atomic E-state index is 12.3. The molecule has 3 aromatic rings. The molecule has 2 N–H and O–H groups in total. The molecule has 2 aromatic carbocycles. The Morgan fingerprint density at radius 2 is 1.89 bits per heavy atom. The number of carbonyl (C=O) groups excluding carboxylic acids is 1. The summed E-state index contributed by atoms with van der Waals surface area (Å²) in [5.74, 6) is 0.457. The van der Waals surface area contributed by atoms with Gasteiger partial charge < -0.3 is 24.3 Å². The van der Waals surface area contributed by atoms with Gasteiger partial charge in [0.25, 0.3) is 5.91 Å². The van der Waals surface area contributed by atoms with E-state index in [2.05, 4.69) is 5.32 Å². The first-order valence-electron chi connectivity index (χ1n) is 8.28. The second-order valence-corrected chi connectivity index (χ2v) is 5.82. The van der Waals surface area contributed by atoms with Crippen LogP contribution in [0.25, 0.3) is 11.0 Å².